The molecule has 1 saturated heterocycles. The molecule has 1 aromatic heterocycles. The molecule has 31 heavy (non-hydrogen) atoms. The highest BCUT2D eigenvalue weighted by atomic mass is 16.5. The SMILES string of the molecule is CNC(=O)Cc1ccc2nc(-c3cccc(OCCN4CCCCC4)c3)cc(C)c2c1. The smallest absolute Gasteiger partial charge is 0.224 e. The Bertz CT molecular complexity index is 1060. The Morgan fingerprint density at radius 2 is 1.94 bits per heavy atom. The van der Waals surface area contributed by atoms with Gasteiger partial charge in [-0.05, 0) is 74.3 Å². The van der Waals surface area contributed by atoms with Gasteiger partial charge < -0.3 is 10.1 Å². The van der Waals surface area contributed by atoms with Crippen LogP contribution in [0.1, 0.15) is 30.4 Å². The number of amides is 1. The van der Waals surface area contributed by atoms with Gasteiger partial charge in [0.25, 0.3) is 0 Å². The lowest BCUT2D eigenvalue weighted by Gasteiger charge is -2.26. The molecule has 162 valence electrons. The number of ether oxygens (including phenoxy) is 1. The van der Waals surface area contributed by atoms with E-state index in [4.69, 9.17) is 9.72 Å². The predicted molar refractivity (Wildman–Crippen MR) is 125 cm³/mol. The van der Waals surface area contributed by atoms with E-state index in [9.17, 15) is 4.79 Å². The number of nitrogens with zero attached hydrogens (tertiary/aromatic N) is 2. The van der Waals surface area contributed by atoms with Crippen LogP contribution in [0.2, 0.25) is 0 Å². The van der Waals surface area contributed by atoms with Crippen molar-refractivity contribution in [3.05, 3.63) is 59.7 Å². The summed E-state index contributed by atoms with van der Waals surface area (Å²) in [6, 6.07) is 16.3. The Hall–Kier alpha value is -2.92. The van der Waals surface area contributed by atoms with Crippen molar-refractivity contribution in [1.82, 2.24) is 15.2 Å². The van der Waals surface area contributed by atoms with Gasteiger partial charge in [-0.1, -0.05) is 24.6 Å². The van der Waals surface area contributed by atoms with Gasteiger partial charge in [0.2, 0.25) is 5.91 Å². The van der Waals surface area contributed by atoms with Gasteiger partial charge in [0.1, 0.15) is 12.4 Å². The Morgan fingerprint density at radius 1 is 1.10 bits per heavy atom. The minimum absolute atomic E-state index is 0.0127. The largest absolute Gasteiger partial charge is 0.492 e. The van der Waals surface area contributed by atoms with Gasteiger partial charge in [-0.3, -0.25) is 9.69 Å². The minimum Gasteiger partial charge on any atom is -0.492 e. The maximum atomic E-state index is 11.7. The number of benzene rings is 2. The van der Waals surface area contributed by atoms with Crippen LogP contribution in [-0.2, 0) is 11.2 Å². The Morgan fingerprint density at radius 3 is 2.74 bits per heavy atom. The lowest BCUT2D eigenvalue weighted by Crippen LogP contribution is -2.33. The van der Waals surface area contributed by atoms with Crippen molar-refractivity contribution in [2.75, 3.05) is 33.3 Å². The second kappa shape index (κ2) is 9.92. The lowest BCUT2D eigenvalue weighted by molar-refractivity contribution is -0.119. The second-order valence-electron chi connectivity index (χ2n) is 8.30. The van der Waals surface area contributed by atoms with E-state index >= 15 is 0 Å². The first-order chi connectivity index (χ1) is 15.1. The molecule has 0 spiro atoms. The van der Waals surface area contributed by atoms with Crippen molar-refractivity contribution in [2.45, 2.75) is 32.6 Å². The number of aryl methyl sites for hydroxylation is 1. The molecule has 0 unspecified atom stereocenters. The molecule has 3 aromatic rings. The standard InChI is InChI=1S/C26H31N3O2/c1-19-15-25(28-24-10-9-20(16-23(19)24)17-26(30)27-2)21-7-6-8-22(18-21)31-14-13-29-11-4-3-5-12-29/h6-10,15-16,18H,3-5,11-14,17H2,1-2H3,(H,27,30). The third-order valence-corrected chi connectivity index (χ3v) is 5.98. The molecule has 0 aliphatic carbocycles. The number of likely N-dealkylation sites (tertiary alicyclic amines) is 1. The maximum absolute atomic E-state index is 11.7. The molecule has 5 nitrogen and oxygen atoms in total. The van der Waals surface area contributed by atoms with Crippen molar-refractivity contribution in [2.24, 2.45) is 0 Å². The van der Waals surface area contributed by atoms with Crippen LogP contribution >= 0.6 is 0 Å². The van der Waals surface area contributed by atoms with E-state index in [1.54, 1.807) is 7.05 Å². The van der Waals surface area contributed by atoms with Gasteiger partial charge in [0.15, 0.2) is 0 Å². The number of rotatable bonds is 7. The van der Waals surface area contributed by atoms with E-state index in [2.05, 4.69) is 41.4 Å². The number of pyridine rings is 1. The number of fused-ring (bicyclic) bond motifs is 1. The van der Waals surface area contributed by atoms with Crippen molar-refractivity contribution in [1.29, 1.82) is 0 Å². The van der Waals surface area contributed by atoms with Gasteiger partial charge in [-0.25, -0.2) is 4.98 Å². The number of piperidine rings is 1. The van der Waals surface area contributed by atoms with Crippen LogP contribution in [-0.4, -0.2) is 49.1 Å². The molecule has 1 amide bonds. The summed E-state index contributed by atoms with van der Waals surface area (Å²) in [6.07, 6.45) is 4.34. The molecule has 0 bridgehead atoms. The molecule has 1 N–H and O–H groups in total. The van der Waals surface area contributed by atoms with Crippen LogP contribution < -0.4 is 10.1 Å². The molecule has 5 heteroatoms. The summed E-state index contributed by atoms with van der Waals surface area (Å²) in [4.78, 5) is 19.1. The van der Waals surface area contributed by atoms with Crippen LogP contribution in [0.3, 0.4) is 0 Å². The molecule has 0 saturated carbocycles. The third kappa shape index (κ3) is 5.42. The fourth-order valence-electron chi connectivity index (χ4n) is 4.19. The zero-order valence-corrected chi connectivity index (χ0v) is 18.5. The van der Waals surface area contributed by atoms with Gasteiger partial charge in [-0.15, -0.1) is 0 Å². The highest BCUT2D eigenvalue weighted by molar-refractivity contribution is 5.87. The summed E-state index contributed by atoms with van der Waals surface area (Å²) in [5, 5.41) is 3.76. The molecule has 1 fully saturated rings. The zero-order chi connectivity index (χ0) is 21.6. The fraction of sp³-hybridized carbons (Fsp3) is 0.385. The zero-order valence-electron chi connectivity index (χ0n) is 18.5. The quantitative estimate of drug-likeness (QED) is 0.620. The third-order valence-electron chi connectivity index (χ3n) is 5.98. The van der Waals surface area contributed by atoms with Gasteiger partial charge in [0, 0.05) is 24.5 Å². The molecule has 1 aliphatic rings. The molecule has 4 rings (SSSR count). The summed E-state index contributed by atoms with van der Waals surface area (Å²) in [6.45, 7) is 6.16. The topological polar surface area (TPSA) is 54.5 Å². The highest BCUT2D eigenvalue weighted by Crippen LogP contribution is 2.27. The van der Waals surface area contributed by atoms with E-state index in [0.717, 1.165) is 45.6 Å². The van der Waals surface area contributed by atoms with E-state index in [1.165, 1.54) is 32.4 Å². The lowest BCUT2D eigenvalue weighted by atomic mass is 10.0. The molecular weight excluding hydrogens is 386 g/mol. The Balaban J connectivity index is 1.49. The van der Waals surface area contributed by atoms with Crippen molar-refractivity contribution >= 4 is 16.8 Å². The van der Waals surface area contributed by atoms with Crippen LogP contribution in [0.15, 0.2) is 48.5 Å². The highest BCUT2D eigenvalue weighted by Gasteiger charge is 2.11. The average molecular weight is 418 g/mol. The van der Waals surface area contributed by atoms with E-state index < -0.39 is 0 Å². The summed E-state index contributed by atoms with van der Waals surface area (Å²) in [5.74, 6) is 0.897. The predicted octanol–water partition coefficient (Wildman–Crippen LogP) is 4.36. The van der Waals surface area contributed by atoms with Gasteiger partial charge in [-0.2, -0.15) is 0 Å². The van der Waals surface area contributed by atoms with E-state index in [1.807, 2.05) is 24.3 Å². The number of carbonyl (C=O) groups excluding carboxylic acids is 1. The van der Waals surface area contributed by atoms with E-state index in [-0.39, 0.29) is 5.91 Å². The first kappa shape index (κ1) is 21.3. The number of hydrogen-bond acceptors (Lipinski definition) is 4. The Kier molecular flexibility index (Phi) is 6.82. The van der Waals surface area contributed by atoms with Crippen molar-refractivity contribution < 1.29 is 9.53 Å². The second-order valence-corrected chi connectivity index (χ2v) is 8.30. The maximum Gasteiger partial charge on any atom is 0.224 e. The van der Waals surface area contributed by atoms with Crippen molar-refractivity contribution in [3.8, 4) is 17.0 Å². The minimum atomic E-state index is 0.0127. The fourth-order valence-corrected chi connectivity index (χ4v) is 4.19. The van der Waals surface area contributed by atoms with Crippen LogP contribution in [0, 0.1) is 6.92 Å². The molecule has 0 radical (unpaired) electrons. The molecule has 2 aromatic carbocycles. The first-order valence-electron chi connectivity index (χ1n) is 11.2. The number of carbonyl (C=O) groups is 1. The summed E-state index contributed by atoms with van der Waals surface area (Å²) in [7, 11) is 1.66. The summed E-state index contributed by atoms with van der Waals surface area (Å²) >= 11 is 0. The molecule has 1 aliphatic heterocycles. The van der Waals surface area contributed by atoms with E-state index in [0.29, 0.717) is 13.0 Å². The number of likely N-dealkylation sites (N-methyl/N-ethyl adjacent to an activating group) is 1. The number of hydrogen-bond donors (Lipinski definition) is 1. The van der Waals surface area contributed by atoms with Crippen LogP contribution in [0.5, 0.6) is 5.75 Å². The van der Waals surface area contributed by atoms with Gasteiger partial charge >= 0.3 is 0 Å². The summed E-state index contributed by atoms with van der Waals surface area (Å²) < 4.78 is 6.04. The molecule has 0 atom stereocenters. The first-order valence-corrected chi connectivity index (χ1v) is 11.2. The number of aromatic nitrogens is 1. The monoisotopic (exact) mass is 417 g/mol. The van der Waals surface area contributed by atoms with Crippen molar-refractivity contribution in [3.63, 3.8) is 0 Å². The van der Waals surface area contributed by atoms with Crippen LogP contribution in [0.4, 0.5) is 0 Å². The van der Waals surface area contributed by atoms with Crippen LogP contribution in [0.25, 0.3) is 22.2 Å². The Labute approximate surface area is 184 Å². The summed E-state index contributed by atoms with van der Waals surface area (Å²) in [5.41, 5.74) is 5.07. The van der Waals surface area contributed by atoms with Gasteiger partial charge in [0.05, 0.1) is 17.6 Å². The number of nitrogens with one attached hydrogen (secondary N) is 1. The average Bonchev–Trinajstić information content (AvgIpc) is 2.80. The molecular formula is C26H31N3O2. The molecule has 2 heterocycles. The normalized spacial score (nSPS) is 14.5.